The highest BCUT2D eigenvalue weighted by atomic mass is 19.2. The number of hydrogen-bond acceptors (Lipinski definition) is 2. The van der Waals surface area contributed by atoms with Crippen molar-refractivity contribution in [2.45, 2.75) is 32.2 Å². The van der Waals surface area contributed by atoms with Crippen molar-refractivity contribution < 1.29 is 18.7 Å². The van der Waals surface area contributed by atoms with Gasteiger partial charge in [-0.1, -0.05) is 13.0 Å². The van der Waals surface area contributed by atoms with Crippen LogP contribution in [0, 0.1) is 11.6 Å². The molecule has 0 heterocycles. The Hall–Kier alpha value is -1.49. The summed E-state index contributed by atoms with van der Waals surface area (Å²) in [5.41, 5.74) is 0.422. The Kier molecular flexibility index (Phi) is 5.71. The van der Waals surface area contributed by atoms with Gasteiger partial charge in [0.25, 0.3) is 0 Å². The van der Waals surface area contributed by atoms with Crippen molar-refractivity contribution in [3.05, 3.63) is 35.4 Å². The Bertz CT molecular complexity index is 410. The first-order valence-electron chi connectivity index (χ1n) is 5.91. The van der Waals surface area contributed by atoms with E-state index in [0.29, 0.717) is 18.4 Å². The third kappa shape index (κ3) is 4.41. The molecule has 0 saturated carbocycles. The van der Waals surface area contributed by atoms with Gasteiger partial charge in [0.05, 0.1) is 6.42 Å². The first-order valence-corrected chi connectivity index (χ1v) is 5.91. The Morgan fingerprint density at radius 1 is 1.39 bits per heavy atom. The molecule has 0 saturated heterocycles. The molecule has 5 heteroatoms. The van der Waals surface area contributed by atoms with Crippen molar-refractivity contribution in [3.63, 3.8) is 0 Å². The molecule has 1 amide bonds. The second-order valence-electron chi connectivity index (χ2n) is 4.11. The van der Waals surface area contributed by atoms with Crippen LogP contribution in [0.4, 0.5) is 8.78 Å². The standard InChI is InChI=1S/C13H17F2NO2/c1-2-10(5-6-17)16-13(18)8-9-3-4-11(14)12(15)7-9/h3-4,7,10,17H,2,5-6,8H2,1H3,(H,16,18). The number of rotatable bonds is 6. The van der Waals surface area contributed by atoms with Gasteiger partial charge in [0.1, 0.15) is 0 Å². The zero-order chi connectivity index (χ0) is 13.5. The minimum atomic E-state index is -0.956. The van der Waals surface area contributed by atoms with Crippen LogP contribution in [0.3, 0.4) is 0 Å². The number of aliphatic hydroxyl groups is 1. The van der Waals surface area contributed by atoms with Crippen LogP contribution in [-0.2, 0) is 11.2 Å². The molecular weight excluding hydrogens is 240 g/mol. The molecule has 1 aromatic rings. The van der Waals surface area contributed by atoms with Crippen molar-refractivity contribution in [2.75, 3.05) is 6.61 Å². The zero-order valence-corrected chi connectivity index (χ0v) is 10.2. The van der Waals surface area contributed by atoms with Crippen molar-refractivity contribution in [3.8, 4) is 0 Å². The molecular formula is C13H17F2NO2. The molecule has 2 N–H and O–H groups in total. The fourth-order valence-electron chi connectivity index (χ4n) is 1.65. The smallest absolute Gasteiger partial charge is 0.224 e. The number of amides is 1. The lowest BCUT2D eigenvalue weighted by molar-refractivity contribution is -0.121. The van der Waals surface area contributed by atoms with Crippen LogP contribution in [0.25, 0.3) is 0 Å². The van der Waals surface area contributed by atoms with Gasteiger partial charge >= 0.3 is 0 Å². The minimum Gasteiger partial charge on any atom is -0.396 e. The first-order chi connectivity index (χ1) is 8.56. The highest BCUT2D eigenvalue weighted by Gasteiger charge is 2.11. The van der Waals surface area contributed by atoms with Crippen molar-refractivity contribution >= 4 is 5.91 Å². The molecule has 1 rings (SSSR count). The fraction of sp³-hybridized carbons (Fsp3) is 0.462. The lowest BCUT2D eigenvalue weighted by Crippen LogP contribution is -2.36. The molecule has 0 spiro atoms. The molecule has 18 heavy (non-hydrogen) atoms. The van der Waals surface area contributed by atoms with E-state index in [1.165, 1.54) is 6.07 Å². The number of benzene rings is 1. The third-order valence-corrected chi connectivity index (χ3v) is 2.68. The molecule has 0 aliphatic heterocycles. The maximum atomic E-state index is 12.9. The van der Waals surface area contributed by atoms with E-state index in [0.717, 1.165) is 12.1 Å². The summed E-state index contributed by atoms with van der Waals surface area (Å²) in [4.78, 5) is 11.6. The van der Waals surface area contributed by atoms with Gasteiger partial charge in [-0.05, 0) is 30.5 Å². The monoisotopic (exact) mass is 257 g/mol. The molecule has 0 bridgehead atoms. The van der Waals surface area contributed by atoms with Gasteiger partial charge in [-0.15, -0.1) is 0 Å². The normalized spacial score (nSPS) is 12.2. The summed E-state index contributed by atoms with van der Waals surface area (Å²) in [5, 5.41) is 11.5. The van der Waals surface area contributed by atoms with Gasteiger partial charge in [0.2, 0.25) is 5.91 Å². The number of hydrogen-bond donors (Lipinski definition) is 2. The highest BCUT2D eigenvalue weighted by Crippen LogP contribution is 2.09. The molecule has 1 atom stereocenters. The van der Waals surface area contributed by atoms with E-state index in [-0.39, 0.29) is 25.0 Å². The number of aliphatic hydroxyl groups excluding tert-OH is 1. The number of halogens is 2. The highest BCUT2D eigenvalue weighted by molar-refractivity contribution is 5.78. The average molecular weight is 257 g/mol. The Balaban J connectivity index is 2.55. The average Bonchev–Trinajstić information content (AvgIpc) is 2.33. The summed E-state index contributed by atoms with van der Waals surface area (Å²) in [5.74, 6) is -2.14. The van der Waals surface area contributed by atoms with Crippen LogP contribution in [0.2, 0.25) is 0 Å². The van der Waals surface area contributed by atoms with E-state index in [9.17, 15) is 13.6 Å². The molecule has 100 valence electrons. The van der Waals surface area contributed by atoms with E-state index in [4.69, 9.17) is 5.11 Å². The van der Waals surface area contributed by atoms with E-state index in [2.05, 4.69) is 5.32 Å². The minimum absolute atomic E-state index is 0.000865. The summed E-state index contributed by atoms with van der Waals surface area (Å²) in [6, 6.07) is 3.31. The molecule has 0 radical (unpaired) electrons. The van der Waals surface area contributed by atoms with E-state index in [1.54, 1.807) is 0 Å². The number of carbonyl (C=O) groups is 1. The maximum Gasteiger partial charge on any atom is 0.224 e. The first kappa shape index (κ1) is 14.6. The van der Waals surface area contributed by atoms with E-state index in [1.807, 2.05) is 6.92 Å². The molecule has 0 aliphatic carbocycles. The third-order valence-electron chi connectivity index (χ3n) is 2.68. The summed E-state index contributed by atoms with van der Waals surface area (Å²) in [7, 11) is 0. The van der Waals surface area contributed by atoms with Crippen LogP contribution in [0.15, 0.2) is 18.2 Å². The summed E-state index contributed by atoms with van der Waals surface area (Å²) in [6.45, 7) is 1.90. The van der Waals surface area contributed by atoms with Crippen LogP contribution in [-0.4, -0.2) is 23.7 Å². The molecule has 0 aliphatic rings. The summed E-state index contributed by atoms with van der Waals surface area (Å²) >= 11 is 0. The van der Waals surface area contributed by atoms with Gasteiger partial charge in [0, 0.05) is 12.6 Å². The van der Waals surface area contributed by atoms with E-state index < -0.39 is 11.6 Å². The lowest BCUT2D eigenvalue weighted by atomic mass is 10.1. The summed E-state index contributed by atoms with van der Waals surface area (Å²) in [6.07, 6.45) is 1.20. The van der Waals surface area contributed by atoms with Gasteiger partial charge in [-0.25, -0.2) is 8.78 Å². The van der Waals surface area contributed by atoms with Gasteiger partial charge < -0.3 is 10.4 Å². The quantitative estimate of drug-likeness (QED) is 0.816. The van der Waals surface area contributed by atoms with Crippen LogP contribution in [0.1, 0.15) is 25.3 Å². The SMILES string of the molecule is CCC(CCO)NC(=O)Cc1ccc(F)c(F)c1. The fourth-order valence-corrected chi connectivity index (χ4v) is 1.65. The topological polar surface area (TPSA) is 49.3 Å². The molecule has 1 aromatic carbocycles. The van der Waals surface area contributed by atoms with Crippen LogP contribution >= 0.6 is 0 Å². The Morgan fingerprint density at radius 3 is 2.67 bits per heavy atom. The van der Waals surface area contributed by atoms with Crippen molar-refractivity contribution in [1.29, 1.82) is 0 Å². The number of nitrogens with one attached hydrogen (secondary N) is 1. The van der Waals surface area contributed by atoms with Gasteiger partial charge in [0.15, 0.2) is 11.6 Å². The van der Waals surface area contributed by atoms with Gasteiger partial charge in [-0.3, -0.25) is 4.79 Å². The summed E-state index contributed by atoms with van der Waals surface area (Å²) < 4.78 is 25.6. The Morgan fingerprint density at radius 2 is 2.11 bits per heavy atom. The molecule has 0 fully saturated rings. The molecule has 0 aromatic heterocycles. The molecule has 1 unspecified atom stereocenters. The largest absolute Gasteiger partial charge is 0.396 e. The van der Waals surface area contributed by atoms with Crippen molar-refractivity contribution in [2.24, 2.45) is 0 Å². The second-order valence-corrected chi connectivity index (χ2v) is 4.11. The van der Waals surface area contributed by atoms with Gasteiger partial charge in [-0.2, -0.15) is 0 Å². The predicted octanol–water partition coefficient (Wildman–Crippen LogP) is 1.78. The van der Waals surface area contributed by atoms with E-state index >= 15 is 0 Å². The zero-order valence-electron chi connectivity index (χ0n) is 10.2. The second kappa shape index (κ2) is 7.06. The maximum absolute atomic E-state index is 12.9. The van der Waals surface area contributed by atoms with Crippen LogP contribution in [0.5, 0.6) is 0 Å². The lowest BCUT2D eigenvalue weighted by Gasteiger charge is -2.15. The van der Waals surface area contributed by atoms with Crippen molar-refractivity contribution in [1.82, 2.24) is 5.32 Å². The molecule has 3 nitrogen and oxygen atoms in total. The van der Waals surface area contributed by atoms with Crippen LogP contribution < -0.4 is 5.32 Å². The number of carbonyl (C=O) groups excluding carboxylic acids is 1. The predicted molar refractivity (Wildman–Crippen MR) is 64.0 cm³/mol. The Labute approximate surface area is 105 Å².